The number of likely N-dealkylation sites (tertiary alicyclic amines) is 1. The summed E-state index contributed by atoms with van der Waals surface area (Å²) < 4.78 is 47.7. The first-order valence-electron chi connectivity index (χ1n) is 11.4. The standard InChI is InChI=1S/C25H20F3N5O2/c26-25(27,28)14-2-3-15-19(8-14)35-20-9-24(5-6-24)11-32(21(15)20)23(34)13-1-4-16-17(7-13)33-12-30-10-18(33)22(29)31-16/h1-4,7-8,10,12,20-21H,5-6,9,11H2,(H2,29,31)/t20-,21-/m0/s1. The maximum atomic E-state index is 13.9. The molecule has 0 radical (unpaired) electrons. The van der Waals surface area contributed by atoms with E-state index >= 15 is 0 Å². The van der Waals surface area contributed by atoms with Gasteiger partial charge in [-0.05, 0) is 55.0 Å². The molecule has 1 amide bonds. The maximum absolute atomic E-state index is 13.9. The number of halogens is 3. The van der Waals surface area contributed by atoms with E-state index in [0.717, 1.165) is 31.4 Å². The molecule has 1 saturated heterocycles. The lowest BCUT2D eigenvalue weighted by molar-refractivity contribution is -0.137. The van der Waals surface area contributed by atoms with Gasteiger partial charge >= 0.3 is 6.18 Å². The lowest BCUT2D eigenvalue weighted by Crippen LogP contribution is -2.49. The molecule has 2 aromatic heterocycles. The topological polar surface area (TPSA) is 85.8 Å². The Labute approximate surface area is 197 Å². The largest absolute Gasteiger partial charge is 0.488 e. The van der Waals surface area contributed by atoms with Gasteiger partial charge in [-0.1, -0.05) is 6.07 Å². The van der Waals surface area contributed by atoms with Crippen molar-refractivity contribution in [3.05, 3.63) is 65.6 Å². The number of carbonyl (C=O) groups excluding carboxylic acids is 1. The summed E-state index contributed by atoms with van der Waals surface area (Å²) in [4.78, 5) is 24.2. The molecule has 0 bridgehead atoms. The Morgan fingerprint density at radius 2 is 1.97 bits per heavy atom. The van der Waals surface area contributed by atoms with Crippen LogP contribution in [0.25, 0.3) is 16.6 Å². The quantitative estimate of drug-likeness (QED) is 0.431. The van der Waals surface area contributed by atoms with Crippen molar-refractivity contribution in [3.63, 3.8) is 0 Å². The van der Waals surface area contributed by atoms with Crippen LogP contribution in [0.5, 0.6) is 5.75 Å². The molecular weight excluding hydrogens is 459 g/mol. The number of imidazole rings is 1. The molecule has 2 aromatic carbocycles. The Balaban J connectivity index is 1.31. The number of hydrogen-bond acceptors (Lipinski definition) is 5. The minimum Gasteiger partial charge on any atom is -0.488 e. The molecule has 2 aliphatic heterocycles. The van der Waals surface area contributed by atoms with Crippen molar-refractivity contribution >= 4 is 28.3 Å². The number of nitrogens with two attached hydrogens (primary N) is 1. The number of rotatable bonds is 1. The van der Waals surface area contributed by atoms with Crippen LogP contribution in [0.2, 0.25) is 0 Å². The van der Waals surface area contributed by atoms with Crippen LogP contribution < -0.4 is 10.5 Å². The highest BCUT2D eigenvalue weighted by atomic mass is 19.4. The number of fused-ring (bicyclic) bond motifs is 6. The van der Waals surface area contributed by atoms with Gasteiger partial charge in [0.1, 0.15) is 23.2 Å². The van der Waals surface area contributed by atoms with E-state index in [1.807, 2.05) is 0 Å². The minimum atomic E-state index is -4.46. The monoisotopic (exact) mass is 479 g/mol. The molecule has 178 valence electrons. The molecular formula is C25H20F3N5O2. The average molecular weight is 479 g/mol. The summed E-state index contributed by atoms with van der Waals surface area (Å²) in [5.41, 5.74) is 8.32. The second-order valence-electron chi connectivity index (χ2n) is 9.84. The zero-order chi connectivity index (χ0) is 24.1. The minimum absolute atomic E-state index is 0.0316. The number of benzene rings is 2. The van der Waals surface area contributed by atoms with Gasteiger partial charge in [0.2, 0.25) is 0 Å². The van der Waals surface area contributed by atoms with Gasteiger partial charge in [0, 0.05) is 17.7 Å². The first kappa shape index (κ1) is 20.5. The number of anilines is 1. The van der Waals surface area contributed by atoms with Gasteiger partial charge < -0.3 is 15.4 Å². The lowest BCUT2D eigenvalue weighted by atomic mass is 9.85. The molecule has 2 fully saturated rings. The number of alkyl halides is 3. The van der Waals surface area contributed by atoms with Crippen LogP contribution >= 0.6 is 0 Å². The summed E-state index contributed by atoms with van der Waals surface area (Å²) in [5.74, 6) is 0.375. The SMILES string of the molecule is Nc1nc2ccc(C(=O)N3CC4(CC4)C[C@@H]4Oc5cc(C(F)(F)F)ccc5[C@@H]43)cc2n2cncc12. The van der Waals surface area contributed by atoms with Crippen molar-refractivity contribution in [1.82, 2.24) is 19.3 Å². The molecule has 1 spiro atoms. The van der Waals surface area contributed by atoms with Crippen LogP contribution in [-0.4, -0.2) is 37.8 Å². The fourth-order valence-corrected chi connectivity index (χ4v) is 5.67. The van der Waals surface area contributed by atoms with Gasteiger partial charge in [-0.15, -0.1) is 0 Å². The van der Waals surface area contributed by atoms with E-state index in [1.165, 1.54) is 6.07 Å². The van der Waals surface area contributed by atoms with Gasteiger partial charge in [0.15, 0.2) is 0 Å². The van der Waals surface area contributed by atoms with Crippen molar-refractivity contribution in [3.8, 4) is 5.75 Å². The first-order valence-corrected chi connectivity index (χ1v) is 11.4. The Bertz CT molecular complexity index is 1540. The van der Waals surface area contributed by atoms with Gasteiger partial charge in [-0.3, -0.25) is 9.20 Å². The lowest BCUT2D eigenvalue weighted by Gasteiger charge is -2.41. The average Bonchev–Trinajstić information content (AvgIpc) is 3.22. The number of hydrogen-bond donors (Lipinski definition) is 1. The smallest absolute Gasteiger partial charge is 0.416 e. The van der Waals surface area contributed by atoms with E-state index in [4.69, 9.17) is 10.5 Å². The van der Waals surface area contributed by atoms with E-state index in [2.05, 4.69) is 9.97 Å². The van der Waals surface area contributed by atoms with Gasteiger partial charge in [-0.25, -0.2) is 9.97 Å². The first-order chi connectivity index (χ1) is 16.7. The summed E-state index contributed by atoms with van der Waals surface area (Å²) in [7, 11) is 0. The van der Waals surface area contributed by atoms with Crippen LogP contribution in [-0.2, 0) is 6.18 Å². The van der Waals surface area contributed by atoms with Crippen molar-refractivity contribution in [2.75, 3.05) is 12.3 Å². The molecule has 1 aliphatic carbocycles. The van der Waals surface area contributed by atoms with Crippen LogP contribution in [0.3, 0.4) is 0 Å². The van der Waals surface area contributed by atoms with E-state index in [-0.39, 0.29) is 23.2 Å². The van der Waals surface area contributed by atoms with Crippen molar-refractivity contribution < 1.29 is 22.7 Å². The zero-order valence-corrected chi connectivity index (χ0v) is 18.4. The van der Waals surface area contributed by atoms with Crippen molar-refractivity contribution in [2.45, 2.75) is 37.6 Å². The Kier molecular flexibility index (Phi) is 3.90. The zero-order valence-electron chi connectivity index (χ0n) is 18.4. The van der Waals surface area contributed by atoms with Crippen LogP contribution in [0, 0.1) is 5.41 Å². The van der Waals surface area contributed by atoms with Gasteiger partial charge in [-0.2, -0.15) is 13.2 Å². The number of piperidine rings is 1. The summed E-state index contributed by atoms with van der Waals surface area (Å²) in [6.45, 7) is 0.551. The molecule has 3 aliphatic rings. The molecule has 4 aromatic rings. The molecule has 2 atom stereocenters. The third-order valence-corrected chi connectivity index (χ3v) is 7.61. The maximum Gasteiger partial charge on any atom is 0.416 e. The van der Waals surface area contributed by atoms with Crippen LogP contribution in [0.4, 0.5) is 19.0 Å². The van der Waals surface area contributed by atoms with E-state index in [9.17, 15) is 18.0 Å². The predicted molar refractivity (Wildman–Crippen MR) is 121 cm³/mol. The Morgan fingerprint density at radius 3 is 2.74 bits per heavy atom. The Hall–Kier alpha value is -3.82. The summed E-state index contributed by atoms with van der Waals surface area (Å²) in [6, 6.07) is 8.38. The highest BCUT2D eigenvalue weighted by Crippen LogP contribution is 2.59. The number of amides is 1. The molecule has 7 nitrogen and oxygen atoms in total. The van der Waals surface area contributed by atoms with E-state index < -0.39 is 17.8 Å². The second kappa shape index (κ2) is 6.65. The van der Waals surface area contributed by atoms with Gasteiger partial charge in [0.05, 0.1) is 35.2 Å². The van der Waals surface area contributed by atoms with E-state index in [0.29, 0.717) is 40.0 Å². The highest BCUT2D eigenvalue weighted by molar-refractivity contribution is 5.98. The van der Waals surface area contributed by atoms with Crippen molar-refractivity contribution in [1.29, 1.82) is 0 Å². The molecule has 35 heavy (non-hydrogen) atoms. The molecule has 1 saturated carbocycles. The van der Waals surface area contributed by atoms with Crippen LogP contribution in [0.15, 0.2) is 48.9 Å². The molecule has 0 unspecified atom stereocenters. The summed E-state index contributed by atoms with van der Waals surface area (Å²) in [6.07, 6.45) is 1.10. The number of nitrogen functional groups attached to an aromatic ring is 1. The molecule has 10 heteroatoms. The fraction of sp³-hybridized carbons (Fsp3) is 0.320. The summed E-state index contributed by atoms with van der Waals surface area (Å²) >= 11 is 0. The predicted octanol–water partition coefficient (Wildman–Crippen LogP) is 4.61. The highest BCUT2D eigenvalue weighted by Gasteiger charge is 2.56. The number of carbonyl (C=O) groups is 1. The molecule has 4 heterocycles. The second-order valence-corrected chi connectivity index (χ2v) is 9.84. The third kappa shape index (κ3) is 3.01. The van der Waals surface area contributed by atoms with Crippen molar-refractivity contribution in [2.24, 2.45) is 5.41 Å². The molecule has 7 rings (SSSR count). The fourth-order valence-electron chi connectivity index (χ4n) is 5.67. The molecule has 2 N–H and O–H groups in total. The van der Waals surface area contributed by atoms with Gasteiger partial charge in [0.25, 0.3) is 5.91 Å². The van der Waals surface area contributed by atoms with Crippen LogP contribution in [0.1, 0.15) is 46.8 Å². The number of aromatic nitrogens is 3. The normalized spacial score (nSPS) is 22.3. The van der Waals surface area contributed by atoms with E-state index in [1.54, 1.807) is 40.0 Å². The number of nitrogens with zero attached hydrogens (tertiary/aromatic N) is 4. The Morgan fingerprint density at radius 1 is 1.14 bits per heavy atom. The number of ether oxygens (including phenoxy) is 1. The third-order valence-electron chi connectivity index (χ3n) is 7.61. The summed E-state index contributed by atoms with van der Waals surface area (Å²) in [5, 5.41) is 0.